The van der Waals surface area contributed by atoms with Crippen molar-refractivity contribution in [3.8, 4) is 0 Å². The van der Waals surface area contributed by atoms with Crippen molar-refractivity contribution in [2.24, 2.45) is 7.05 Å². The molecule has 0 aliphatic heterocycles. The van der Waals surface area contributed by atoms with Gasteiger partial charge in [0.1, 0.15) is 12.2 Å². The molecule has 1 aromatic carbocycles. The molecule has 1 heterocycles. The first-order valence-electron chi connectivity index (χ1n) is 6.05. The van der Waals surface area contributed by atoms with Crippen LogP contribution in [0, 0.1) is 0 Å². The normalized spacial score (nSPS) is 14.4. The van der Waals surface area contributed by atoms with Gasteiger partial charge in [-0.05, 0) is 12.5 Å². The summed E-state index contributed by atoms with van der Waals surface area (Å²) in [6, 6.07) is 9.75. The molecule has 1 aromatic heterocycles. The van der Waals surface area contributed by atoms with E-state index in [1.807, 2.05) is 44.3 Å². The maximum absolute atomic E-state index is 10.4. The second-order valence-corrected chi connectivity index (χ2v) is 4.18. The third-order valence-electron chi connectivity index (χ3n) is 2.83. The van der Waals surface area contributed by atoms with E-state index in [1.54, 1.807) is 17.1 Å². The summed E-state index contributed by atoms with van der Waals surface area (Å²) in [4.78, 5) is 0. The molecular formula is C14H18N2O2. The van der Waals surface area contributed by atoms with Crippen molar-refractivity contribution in [3.05, 3.63) is 53.9 Å². The lowest BCUT2D eigenvalue weighted by Crippen LogP contribution is -2.14. The molecule has 96 valence electrons. The van der Waals surface area contributed by atoms with Gasteiger partial charge in [-0.1, -0.05) is 30.3 Å². The van der Waals surface area contributed by atoms with Crippen LogP contribution < -0.4 is 0 Å². The van der Waals surface area contributed by atoms with Gasteiger partial charge >= 0.3 is 0 Å². The molecule has 0 saturated heterocycles. The lowest BCUT2D eigenvalue weighted by atomic mass is 10.0. The number of hydrogen-bond donors (Lipinski definition) is 1. The van der Waals surface area contributed by atoms with Crippen molar-refractivity contribution in [1.82, 2.24) is 9.78 Å². The van der Waals surface area contributed by atoms with Gasteiger partial charge in [-0.25, -0.2) is 0 Å². The fraction of sp³-hybridized carbons (Fsp3) is 0.357. The molecule has 0 spiro atoms. The van der Waals surface area contributed by atoms with E-state index >= 15 is 0 Å². The molecule has 0 radical (unpaired) electrons. The van der Waals surface area contributed by atoms with Crippen LogP contribution in [0.5, 0.6) is 0 Å². The van der Waals surface area contributed by atoms with Gasteiger partial charge in [0.2, 0.25) is 0 Å². The third kappa shape index (κ3) is 2.78. The van der Waals surface area contributed by atoms with Gasteiger partial charge in [0.05, 0.1) is 6.20 Å². The summed E-state index contributed by atoms with van der Waals surface area (Å²) < 4.78 is 7.34. The Morgan fingerprint density at radius 1 is 1.28 bits per heavy atom. The van der Waals surface area contributed by atoms with Gasteiger partial charge in [0.15, 0.2) is 0 Å². The standard InChI is InChI=1S/C14H18N2O2/c1-3-18-14(11-7-5-4-6-8-11)13(17)12-9-15-16(2)10-12/h4-10,13-14,17H,3H2,1-2H3. The third-order valence-corrected chi connectivity index (χ3v) is 2.83. The minimum atomic E-state index is -0.707. The average molecular weight is 246 g/mol. The molecule has 0 saturated carbocycles. The highest BCUT2D eigenvalue weighted by atomic mass is 16.5. The van der Waals surface area contributed by atoms with E-state index in [2.05, 4.69) is 5.10 Å². The molecule has 0 aliphatic carbocycles. The zero-order valence-electron chi connectivity index (χ0n) is 10.7. The maximum atomic E-state index is 10.4. The van der Waals surface area contributed by atoms with Crippen molar-refractivity contribution >= 4 is 0 Å². The number of nitrogens with zero attached hydrogens (tertiary/aromatic N) is 2. The van der Waals surface area contributed by atoms with Crippen molar-refractivity contribution in [2.45, 2.75) is 19.1 Å². The van der Waals surface area contributed by atoms with Crippen LogP contribution in [0.4, 0.5) is 0 Å². The van der Waals surface area contributed by atoms with Crippen LogP contribution in [-0.4, -0.2) is 21.5 Å². The Labute approximate surface area is 107 Å². The molecule has 4 heteroatoms. The first-order chi connectivity index (χ1) is 8.72. The lowest BCUT2D eigenvalue weighted by Gasteiger charge is -2.22. The molecule has 0 aliphatic rings. The fourth-order valence-electron chi connectivity index (χ4n) is 1.96. The molecule has 4 nitrogen and oxygen atoms in total. The number of ether oxygens (including phenoxy) is 1. The van der Waals surface area contributed by atoms with Crippen LogP contribution in [0.15, 0.2) is 42.7 Å². The summed E-state index contributed by atoms with van der Waals surface area (Å²) in [7, 11) is 1.83. The second-order valence-electron chi connectivity index (χ2n) is 4.18. The van der Waals surface area contributed by atoms with Gasteiger partial charge in [-0.2, -0.15) is 5.10 Å². The molecule has 2 aromatic rings. The molecule has 1 N–H and O–H groups in total. The average Bonchev–Trinajstić information content (AvgIpc) is 2.83. The summed E-state index contributed by atoms with van der Waals surface area (Å²) >= 11 is 0. The lowest BCUT2D eigenvalue weighted by molar-refractivity contribution is -0.0361. The highest BCUT2D eigenvalue weighted by molar-refractivity contribution is 5.22. The summed E-state index contributed by atoms with van der Waals surface area (Å²) in [5.74, 6) is 0. The molecule has 2 rings (SSSR count). The maximum Gasteiger partial charge on any atom is 0.113 e. The largest absolute Gasteiger partial charge is 0.385 e. The van der Waals surface area contributed by atoms with Crippen molar-refractivity contribution in [1.29, 1.82) is 0 Å². The Morgan fingerprint density at radius 2 is 2.00 bits per heavy atom. The minimum Gasteiger partial charge on any atom is -0.385 e. The van der Waals surface area contributed by atoms with Gasteiger partial charge in [0.25, 0.3) is 0 Å². The van der Waals surface area contributed by atoms with Crippen LogP contribution in [0.3, 0.4) is 0 Å². The molecule has 2 atom stereocenters. The minimum absolute atomic E-state index is 0.361. The van der Waals surface area contributed by atoms with Crippen molar-refractivity contribution in [3.63, 3.8) is 0 Å². The number of aliphatic hydroxyl groups is 1. The highest BCUT2D eigenvalue weighted by Gasteiger charge is 2.24. The molecular weight excluding hydrogens is 228 g/mol. The molecule has 0 bridgehead atoms. The van der Waals surface area contributed by atoms with E-state index in [9.17, 15) is 5.11 Å². The van der Waals surface area contributed by atoms with Crippen LogP contribution in [0.1, 0.15) is 30.3 Å². The van der Waals surface area contributed by atoms with Gasteiger partial charge in [-0.3, -0.25) is 4.68 Å². The topological polar surface area (TPSA) is 47.3 Å². The van der Waals surface area contributed by atoms with Crippen LogP contribution in [-0.2, 0) is 11.8 Å². The summed E-state index contributed by atoms with van der Waals surface area (Å²) in [5, 5.41) is 14.5. The van der Waals surface area contributed by atoms with E-state index in [4.69, 9.17) is 4.74 Å². The van der Waals surface area contributed by atoms with E-state index in [1.165, 1.54) is 0 Å². The summed E-state index contributed by atoms with van der Waals surface area (Å²) in [6.45, 7) is 2.47. The predicted octanol–water partition coefficient (Wildman–Crippen LogP) is 2.23. The zero-order valence-corrected chi connectivity index (χ0v) is 10.7. The fourth-order valence-corrected chi connectivity index (χ4v) is 1.96. The van der Waals surface area contributed by atoms with Gasteiger partial charge in [0, 0.05) is 25.4 Å². The number of rotatable bonds is 5. The van der Waals surface area contributed by atoms with E-state index in [0.717, 1.165) is 11.1 Å². The second kappa shape index (κ2) is 5.80. The molecule has 0 fully saturated rings. The number of aliphatic hydroxyl groups excluding tert-OH is 1. The highest BCUT2D eigenvalue weighted by Crippen LogP contribution is 2.31. The van der Waals surface area contributed by atoms with Crippen LogP contribution in [0.2, 0.25) is 0 Å². The summed E-state index contributed by atoms with van der Waals surface area (Å²) in [6.07, 6.45) is 2.40. The van der Waals surface area contributed by atoms with E-state index in [-0.39, 0.29) is 6.10 Å². The Bertz CT molecular complexity index is 482. The summed E-state index contributed by atoms with van der Waals surface area (Å²) in [5.41, 5.74) is 1.73. The Balaban J connectivity index is 2.25. The van der Waals surface area contributed by atoms with Crippen molar-refractivity contribution in [2.75, 3.05) is 6.61 Å². The Kier molecular flexibility index (Phi) is 4.12. The first kappa shape index (κ1) is 12.8. The molecule has 2 unspecified atom stereocenters. The van der Waals surface area contributed by atoms with E-state index < -0.39 is 6.10 Å². The molecule has 0 amide bonds. The quantitative estimate of drug-likeness (QED) is 0.880. The molecule has 18 heavy (non-hydrogen) atoms. The van der Waals surface area contributed by atoms with Gasteiger partial charge in [-0.15, -0.1) is 0 Å². The number of benzene rings is 1. The van der Waals surface area contributed by atoms with Crippen LogP contribution >= 0.6 is 0 Å². The first-order valence-corrected chi connectivity index (χ1v) is 6.05. The SMILES string of the molecule is CCOC(c1ccccc1)C(O)c1cnn(C)c1. The van der Waals surface area contributed by atoms with Crippen LogP contribution in [0.25, 0.3) is 0 Å². The number of hydrogen-bond acceptors (Lipinski definition) is 3. The van der Waals surface area contributed by atoms with Crippen molar-refractivity contribution < 1.29 is 9.84 Å². The predicted molar refractivity (Wildman–Crippen MR) is 69.0 cm³/mol. The Morgan fingerprint density at radius 3 is 2.56 bits per heavy atom. The van der Waals surface area contributed by atoms with Gasteiger partial charge < -0.3 is 9.84 Å². The Hall–Kier alpha value is -1.65. The number of aryl methyl sites for hydroxylation is 1. The monoisotopic (exact) mass is 246 g/mol. The van der Waals surface area contributed by atoms with E-state index in [0.29, 0.717) is 6.61 Å². The number of aromatic nitrogens is 2. The smallest absolute Gasteiger partial charge is 0.113 e. The zero-order chi connectivity index (χ0) is 13.0.